The van der Waals surface area contributed by atoms with Gasteiger partial charge in [-0.25, -0.2) is 9.37 Å². The van der Waals surface area contributed by atoms with Gasteiger partial charge in [-0.2, -0.15) is 0 Å². The van der Waals surface area contributed by atoms with Crippen LogP contribution >= 0.6 is 0 Å². The molecule has 6 aliphatic carbocycles. The fourth-order valence-corrected chi connectivity index (χ4v) is 16.8. The Hall–Kier alpha value is -3.23. The first-order valence-corrected chi connectivity index (χ1v) is 23.8. The van der Waals surface area contributed by atoms with Crippen molar-refractivity contribution in [3.63, 3.8) is 0 Å². The molecule has 1 aromatic heterocycles. The first kappa shape index (κ1) is 42.1. The molecule has 1 aromatic carbocycles. The molecule has 7 fully saturated rings. The molecule has 7 aliphatic rings. The number of H-pyrrole nitrogens is 1. The number of benzene rings is 1. The van der Waals surface area contributed by atoms with Crippen LogP contribution in [0.1, 0.15) is 158 Å². The van der Waals surface area contributed by atoms with Crippen LogP contribution in [0.4, 0.5) is 4.39 Å². The van der Waals surface area contributed by atoms with E-state index >= 15 is 4.79 Å². The zero-order valence-electron chi connectivity index (χ0n) is 37.9. The van der Waals surface area contributed by atoms with Crippen LogP contribution < -0.4 is 0 Å². The lowest BCUT2D eigenvalue weighted by molar-refractivity contribution is -0.252. The molecule has 9 rings (SSSR count). The fraction of sp³-hybridized carbons (Fsp3) is 0.765. The van der Waals surface area contributed by atoms with Gasteiger partial charge in [0.25, 0.3) is 0 Å². The first-order valence-electron chi connectivity index (χ1n) is 23.8. The number of hydrogen-bond donors (Lipinski definition) is 2. The highest BCUT2D eigenvalue weighted by molar-refractivity contribution is 5.85. The molecule has 328 valence electrons. The van der Waals surface area contributed by atoms with Gasteiger partial charge in [0, 0.05) is 12.0 Å². The number of carboxylic acid groups (broad SMARTS) is 1. The van der Waals surface area contributed by atoms with Gasteiger partial charge in [0.05, 0.1) is 35.2 Å². The number of aliphatic carboxylic acids is 1. The van der Waals surface area contributed by atoms with Crippen molar-refractivity contribution >= 4 is 17.8 Å². The Kier molecular flexibility index (Phi) is 9.92. The van der Waals surface area contributed by atoms with Gasteiger partial charge in [0.15, 0.2) is 0 Å². The topological polar surface area (TPSA) is 113 Å². The van der Waals surface area contributed by atoms with Crippen LogP contribution in [0.3, 0.4) is 0 Å². The number of ether oxygens (including phenoxy) is 1. The van der Waals surface area contributed by atoms with Gasteiger partial charge in [0.1, 0.15) is 17.7 Å². The van der Waals surface area contributed by atoms with Gasteiger partial charge in [0.2, 0.25) is 5.91 Å². The van der Waals surface area contributed by atoms with Crippen molar-refractivity contribution in [1.29, 1.82) is 0 Å². The Balaban J connectivity index is 0.964. The summed E-state index contributed by atoms with van der Waals surface area (Å²) in [6.07, 6.45) is 14.6. The number of carbonyl (C=O) groups is 3. The SMILES string of the molecule is CC(C)[C@@H]1CC[C@]2(C(=O)N3CCC[C@@H]3c3ncc(-c4ccc(F)cc4)[nH]3)CC[C@]3(C)[C@H](CC[C@@H]4[C@@]5(C)CC[C@H](OC(=O)[C@H]6C[C@@H](C(=O)O)C6(C)C)C(C)(C)[C@@H]5CC[C@]43C)[C@@H]12. The number of amides is 1. The van der Waals surface area contributed by atoms with Gasteiger partial charge < -0.3 is 19.7 Å². The number of nitrogens with zero attached hydrogens (tertiary/aromatic N) is 2. The summed E-state index contributed by atoms with van der Waals surface area (Å²) in [6, 6.07) is 6.44. The normalized spacial score (nSPS) is 42.6. The van der Waals surface area contributed by atoms with Crippen molar-refractivity contribution in [1.82, 2.24) is 14.9 Å². The van der Waals surface area contributed by atoms with Crippen LogP contribution in [0.15, 0.2) is 30.5 Å². The number of nitrogens with one attached hydrogen (secondary N) is 1. The summed E-state index contributed by atoms with van der Waals surface area (Å²) in [4.78, 5) is 51.7. The van der Waals surface area contributed by atoms with E-state index in [9.17, 15) is 19.1 Å². The van der Waals surface area contributed by atoms with Crippen LogP contribution in [-0.4, -0.2) is 50.5 Å². The molecule has 8 nitrogen and oxygen atoms in total. The van der Waals surface area contributed by atoms with Crippen molar-refractivity contribution in [2.24, 2.45) is 79.8 Å². The summed E-state index contributed by atoms with van der Waals surface area (Å²) in [5, 5.41) is 9.71. The molecular weight excluding hydrogens is 754 g/mol. The minimum absolute atomic E-state index is 0.0729. The number of esters is 1. The Morgan fingerprint density at radius 3 is 2.25 bits per heavy atom. The zero-order valence-corrected chi connectivity index (χ0v) is 37.9. The number of hydrogen-bond acceptors (Lipinski definition) is 5. The maximum absolute atomic E-state index is 15.6. The average molecular weight is 826 g/mol. The van der Waals surface area contributed by atoms with E-state index in [2.05, 4.69) is 58.4 Å². The number of aromatic nitrogens is 2. The number of rotatable bonds is 7. The summed E-state index contributed by atoms with van der Waals surface area (Å²) in [5.41, 5.74) is 0.995. The predicted octanol–water partition coefficient (Wildman–Crippen LogP) is 11.3. The summed E-state index contributed by atoms with van der Waals surface area (Å²) in [7, 11) is 0. The van der Waals surface area contributed by atoms with E-state index in [0.717, 1.165) is 87.8 Å². The van der Waals surface area contributed by atoms with Crippen molar-refractivity contribution in [3.8, 4) is 11.3 Å². The highest BCUT2D eigenvalue weighted by Gasteiger charge is 2.73. The fourth-order valence-electron chi connectivity index (χ4n) is 16.8. The summed E-state index contributed by atoms with van der Waals surface area (Å²) < 4.78 is 20.2. The third-order valence-corrected chi connectivity index (χ3v) is 20.4. The number of imidazole rings is 1. The lowest BCUT2D eigenvalue weighted by atomic mass is 9.32. The molecule has 1 saturated heterocycles. The van der Waals surface area contributed by atoms with Gasteiger partial charge >= 0.3 is 11.9 Å². The monoisotopic (exact) mass is 826 g/mol. The third kappa shape index (κ3) is 5.83. The van der Waals surface area contributed by atoms with E-state index in [1.54, 1.807) is 12.1 Å². The van der Waals surface area contributed by atoms with Crippen LogP contribution in [-0.2, 0) is 19.1 Å². The van der Waals surface area contributed by atoms with Gasteiger partial charge in [-0.15, -0.1) is 0 Å². The van der Waals surface area contributed by atoms with E-state index in [-0.39, 0.29) is 56.9 Å². The van der Waals surface area contributed by atoms with Gasteiger partial charge in [-0.05, 0) is 170 Å². The lowest BCUT2D eigenvalue weighted by Crippen LogP contribution is -2.67. The molecule has 2 aromatic rings. The van der Waals surface area contributed by atoms with E-state index in [1.165, 1.54) is 25.0 Å². The molecule has 0 spiro atoms. The first-order chi connectivity index (χ1) is 28.2. The van der Waals surface area contributed by atoms with E-state index in [1.807, 2.05) is 20.0 Å². The second-order valence-electron chi connectivity index (χ2n) is 23.4. The minimum atomic E-state index is -0.821. The quantitative estimate of drug-likeness (QED) is 0.269. The highest BCUT2D eigenvalue weighted by atomic mass is 19.1. The summed E-state index contributed by atoms with van der Waals surface area (Å²) in [5.74, 6) is 1.94. The molecule has 0 radical (unpaired) electrons. The molecule has 13 atom stereocenters. The lowest BCUT2D eigenvalue weighted by Gasteiger charge is -2.73. The summed E-state index contributed by atoms with van der Waals surface area (Å²) in [6.45, 7) is 22.0. The Labute approximate surface area is 358 Å². The largest absolute Gasteiger partial charge is 0.481 e. The molecule has 2 N–H and O–H groups in total. The molecule has 0 unspecified atom stereocenters. The molecule has 1 amide bonds. The number of likely N-dealkylation sites (tertiary alicyclic amines) is 1. The second kappa shape index (κ2) is 14.1. The average Bonchev–Trinajstić information content (AvgIpc) is 3.95. The van der Waals surface area contributed by atoms with E-state index < -0.39 is 17.3 Å². The predicted molar refractivity (Wildman–Crippen MR) is 230 cm³/mol. The Bertz CT molecular complexity index is 2020. The van der Waals surface area contributed by atoms with Crippen molar-refractivity contribution in [3.05, 3.63) is 42.1 Å². The van der Waals surface area contributed by atoms with Gasteiger partial charge in [-0.3, -0.25) is 14.4 Å². The van der Waals surface area contributed by atoms with Gasteiger partial charge in [-0.1, -0.05) is 62.3 Å². The number of carboxylic acids is 1. The molecule has 1 aliphatic heterocycles. The summed E-state index contributed by atoms with van der Waals surface area (Å²) >= 11 is 0. The van der Waals surface area contributed by atoms with E-state index in [4.69, 9.17) is 9.72 Å². The van der Waals surface area contributed by atoms with Crippen molar-refractivity contribution < 1.29 is 28.6 Å². The molecular formula is C51H72FN3O5. The Morgan fingerprint density at radius 2 is 1.57 bits per heavy atom. The Morgan fingerprint density at radius 1 is 0.833 bits per heavy atom. The molecule has 60 heavy (non-hydrogen) atoms. The molecule has 2 heterocycles. The van der Waals surface area contributed by atoms with Crippen LogP contribution in [0.25, 0.3) is 11.3 Å². The standard InChI is InChI=1S/C51H72FN3O5/c1-29(2)32-18-23-51(45(59)55-26-10-11-37(55)42-53-28-36(54-42)30-12-14-31(52)15-13-30)25-24-49(8)33(41(32)51)16-17-39-48(7)21-20-40(47(5,6)38(48)19-22-50(39,49)9)60-44(58)35-27-34(43(56)57)46(35,3)4/h12-15,28-29,32-35,37-41H,10-11,16-27H2,1-9H3,(H,53,54)(H,56,57)/t32-,33+,34-,35+,37+,38-,39+,40-,41+,48-,49+,50+,51-/m0/s1. The minimum Gasteiger partial charge on any atom is -0.481 e. The maximum atomic E-state index is 15.6. The van der Waals surface area contributed by atoms with Crippen molar-refractivity contribution in [2.75, 3.05) is 6.54 Å². The smallest absolute Gasteiger partial charge is 0.309 e. The maximum Gasteiger partial charge on any atom is 0.309 e. The molecule has 6 saturated carbocycles. The number of aromatic amines is 1. The number of fused-ring (bicyclic) bond motifs is 7. The highest BCUT2D eigenvalue weighted by Crippen LogP contribution is 2.78. The van der Waals surface area contributed by atoms with Crippen LogP contribution in [0.2, 0.25) is 0 Å². The number of halogens is 1. The van der Waals surface area contributed by atoms with Crippen molar-refractivity contribution in [2.45, 2.75) is 158 Å². The van der Waals surface area contributed by atoms with Crippen LogP contribution in [0.5, 0.6) is 0 Å². The number of carbonyl (C=O) groups excluding carboxylic acids is 2. The molecule has 9 heteroatoms. The second-order valence-corrected chi connectivity index (χ2v) is 23.4. The van der Waals surface area contributed by atoms with E-state index in [0.29, 0.717) is 47.8 Å². The third-order valence-electron chi connectivity index (χ3n) is 20.4. The zero-order chi connectivity index (χ0) is 42.9. The molecule has 0 bridgehead atoms. The van der Waals surface area contributed by atoms with Crippen LogP contribution in [0, 0.1) is 85.7 Å².